The Balaban J connectivity index is 1.24. The van der Waals surface area contributed by atoms with Crippen molar-refractivity contribution in [2.75, 3.05) is 45.3 Å². The molecular weight excluding hydrogens is 466 g/mol. The first-order valence-electron chi connectivity index (χ1n) is 12.2. The molecule has 1 N–H and O–H groups in total. The van der Waals surface area contributed by atoms with Crippen molar-refractivity contribution >= 4 is 22.4 Å². The Morgan fingerprint density at radius 1 is 1.22 bits per heavy atom. The van der Waals surface area contributed by atoms with Gasteiger partial charge in [0.2, 0.25) is 11.8 Å². The summed E-state index contributed by atoms with van der Waals surface area (Å²) in [6, 6.07) is 10.2. The molecule has 4 aromatic rings. The van der Waals surface area contributed by atoms with Crippen LogP contribution < -0.4 is 10.1 Å². The van der Waals surface area contributed by atoms with Crippen LogP contribution in [0.15, 0.2) is 42.7 Å². The average Bonchev–Trinajstić information content (AvgIpc) is 3.26. The molecule has 1 atom stereocenters. The van der Waals surface area contributed by atoms with Crippen LogP contribution in [-0.4, -0.2) is 76.4 Å². The third kappa shape index (κ3) is 4.04. The number of ether oxygens (including phenoxy) is 2. The van der Waals surface area contributed by atoms with Gasteiger partial charge in [0.1, 0.15) is 5.52 Å². The van der Waals surface area contributed by atoms with E-state index in [4.69, 9.17) is 9.47 Å². The van der Waals surface area contributed by atoms with Crippen LogP contribution >= 0.6 is 0 Å². The molecule has 0 bridgehead atoms. The van der Waals surface area contributed by atoms with Crippen molar-refractivity contribution in [3.8, 4) is 17.0 Å². The maximum atomic E-state index is 14.9. The lowest BCUT2D eigenvalue weighted by atomic mass is 9.91. The summed E-state index contributed by atoms with van der Waals surface area (Å²) in [4.78, 5) is 10.8. The van der Waals surface area contributed by atoms with E-state index in [1.807, 2.05) is 35.4 Å². The molecule has 2 aliphatic rings. The van der Waals surface area contributed by atoms with E-state index < -0.39 is 11.8 Å². The summed E-state index contributed by atoms with van der Waals surface area (Å²) >= 11 is 0. The first kappa shape index (κ1) is 23.1. The molecule has 6 rings (SSSR count). The van der Waals surface area contributed by atoms with E-state index in [2.05, 4.69) is 33.4 Å². The quantitative estimate of drug-likeness (QED) is 0.434. The van der Waals surface area contributed by atoms with Crippen molar-refractivity contribution in [1.29, 1.82) is 0 Å². The van der Waals surface area contributed by atoms with Crippen LogP contribution in [0.25, 0.3) is 27.5 Å². The normalized spacial score (nSPS) is 20.5. The Bertz CT molecular complexity index is 1420. The standard InChI is InChI=1S/C26H28F2N6O2/c1-16-5-8-29-22-4-3-17(11-21(16)22)20-7-10-34-23(20)24(35-2)31-25(32-34)30-12-18-6-9-33(15-26(18,27)28)19-13-36-14-19/h3-5,7-8,10-11,18-19H,6,9,12-15H2,1-2H3,(H,30,32). The fourth-order valence-electron chi connectivity index (χ4n) is 5.12. The van der Waals surface area contributed by atoms with Crippen LogP contribution in [-0.2, 0) is 4.74 Å². The van der Waals surface area contributed by atoms with E-state index >= 15 is 0 Å². The summed E-state index contributed by atoms with van der Waals surface area (Å²) in [5.41, 5.74) is 4.70. The number of hydrogen-bond acceptors (Lipinski definition) is 7. The highest BCUT2D eigenvalue weighted by Gasteiger charge is 2.46. The number of likely N-dealkylation sites (tertiary alicyclic amines) is 1. The van der Waals surface area contributed by atoms with Crippen LogP contribution in [0.3, 0.4) is 0 Å². The average molecular weight is 495 g/mol. The van der Waals surface area contributed by atoms with Crippen molar-refractivity contribution in [3.05, 3.63) is 48.3 Å². The van der Waals surface area contributed by atoms with Gasteiger partial charge in [-0.05, 0) is 55.3 Å². The highest BCUT2D eigenvalue weighted by Crippen LogP contribution is 2.36. The van der Waals surface area contributed by atoms with Gasteiger partial charge in [0, 0.05) is 35.8 Å². The predicted molar refractivity (Wildman–Crippen MR) is 133 cm³/mol. The molecule has 1 aromatic carbocycles. The third-order valence-electron chi connectivity index (χ3n) is 7.36. The molecule has 2 fully saturated rings. The zero-order valence-electron chi connectivity index (χ0n) is 20.2. The smallest absolute Gasteiger partial charge is 0.265 e. The van der Waals surface area contributed by atoms with Gasteiger partial charge in [-0.25, -0.2) is 13.3 Å². The van der Waals surface area contributed by atoms with Gasteiger partial charge in [-0.1, -0.05) is 6.07 Å². The van der Waals surface area contributed by atoms with Crippen molar-refractivity contribution < 1.29 is 18.3 Å². The fraction of sp³-hybridized carbons (Fsp3) is 0.423. The molecule has 8 nitrogen and oxygen atoms in total. The second kappa shape index (κ2) is 8.94. The maximum Gasteiger partial charge on any atom is 0.265 e. The molecule has 0 spiro atoms. The largest absolute Gasteiger partial charge is 0.479 e. The van der Waals surface area contributed by atoms with Crippen LogP contribution in [0.2, 0.25) is 0 Å². The van der Waals surface area contributed by atoms with Gasteiger partial charge >= 0.3 is 0 Å². The highest BCUT2D eigenvalue weighted by atomic mass is 19.3. The number of nitrogens with zero attached hydrogens (tertiary/aromatic N) is 5. The van der Waals surface area contributed by atoms with Gasteiger partial charge in [-0.2, -0.15) is 4.98 Å². The number of nitrogens with one attached hydrogen (secondary N) is 1. The number of fused-ring (bicyclic) bond motifs is 2. The summed E-state index contributed by atoms with van der Waals surface area (Å²) in [6.45, 7) is 3.63. The maximum absolute atomic E-state index is 14.9. The Hall–Kier alpha value is -3.37. The number of benzene rings is 1. The minimum absolute atomic E-state index is 0.0851. The number of aryl methyl sites for hydroxylation is 1. The highest BCUT2D eigenvalue weighted by molar-refractivity contribution is 5.91. The molecule has 0 radical (unpaired) electrons. The Morgan fingerprint density at radius 3 is 2.83 bits per heavy atom. The van der Waals surface area contributed by atoms with Crippen LogP contribution in [0, 0.1) is 12.8 Å². The van der Waals surface area contributed by atoms with Gasteiger partial charge in [0.05, 0.1) is 38.4 Å². The predicted octanol–water partition coefficient (Wildman–Crippen LogP) is 4.03. The fourth-order valence-corrected chi connectivity index (χ4v) is 5.12. The van der Waals surface area contributed by atoms with E-state index in [9.17, 15) is 8.78 Å². The molecule has 5 heterocycles. The van der Waals surface area contributed by atoms with Gasteiger partial charge in [0.15, 0.2) is 0 Å². The van der Waals surface area contributed by atoms with E-state index in [1.165, 1.54) is 0 Å². The molecule has 10 heteroatoms. The molecule has 0 amide bonds. The Morgan fingerprint density at radius 2 is 2.08 bits per heavy atom. The number of hydrogen-bond donors (Lipinski definition) is 1. The van der Waals surface area contributed by atoms with Crippen molar-refractivity contribution in [1.82, 2.24) is 24.5 Å². The van der Waals surface area contributed by atoms with E-state index in [1.54, 1.807) is 17.8 Å². The molecule has 2 aliphatic heterocycles. The molecule has 3 aromatic heterocycles. The number of halogens is 2. The van der Waals surface area contributed by atoms with Crippen molar-refractivity contribution in [2.45, 2.75) is 25.3 Å². The van der Waals surface area contributed by atoms with Crippen molar-refractivity contribution in [3.63, 3.8) is 0 Å². The van der Waals surface area contributed by atoms with E-state index in [0.29, 0.717) is 37.6 Å². The zero-order valence-corrected chi connectivity index (χ0v) is 20.2. The van der Waals surface area contributed by atoms with Gasteiger partial charge in [-0.15, -0.1) is 5.10 Å². The van der Waals surface area contributed by atoms with Gasteiger partial charge < -0.3 is 14.8 Å². The second-order valence-corrected chi connectivity index (χ2v) is 9.62. The molecule has 36 heavy (non-hydrogen) atoms. The molecular formula is C26H28F2N6O2. The third-order valence-corrected chi connectivity index (χ3v) is 7.36. The lowest BCUT2D eigenvalue weighted by Gasteiger charge is -2.44. The van der Waals surface area contributed by atoms with E-state index in [0.717, 1.165) is 27.6 Å². The summed E-state index contributed by atoms with van der Waals surface area (Å²) in [7, 11) is 1.55. The second-order valence-electron chi connectivity index (χ2n) is 9.62. The molecule has 0 saturated carbocycles. The monoisotopic (exact) mass is 494 g/mol. The SMILES string of the molecule is COc1nc(NCC2CCN(C3COC3)CC2(F)F)nn2ccc(-c3ccc4nccc(C)c4c3)c12. The Labute approximate surface area is 207 Å². The molecule has 0 aliphatic carbocycles. The van der Waals surface area contributed by atoms with Crippen molar-refractivity contribution in [2.24, 2.45) is 5.92 Å². The first-order chi connectivity index (χ1) is 17.4. The summed E-state index contributed by atoms with van der Waals surface area (Å²) in [5, 5.41) is 8.65. The topological polar surface area (TPSA) is 76.8 Å². The minimum atomic E-state index is -2.79. The number of piperidine rings is 1. The minimum Gasteiger partial charge on any atom is -0.479 e. The summed E-state index contributed by atoms with van der Waals surface area (Å²) in [6.07, 6.45) is 4.03. The lowest BCUT2D eigenvalue weighted by molar-refractivity contribution is -0.149. The number of methoxy groups -OCH3 is 1. The number of rotatable bonds is 6. The number of pyridine rings is 1. The summed E-state index contributed by atoms with van der Waals surface area (Å²) in [5.74, 6) is -2.96. The Kier molecular flexibility index (Phi) is 5.72. The number of alkyl halides is 2. The van der Waals surface area contributed by atoms with Crippen LogP contribution in [0.1, 0.15) is 12.0 Å². The first-order valence-corrected chi connectivity index (χ1v) is 12.2. The summed E-state index contributed by atoms with van der Waals surface area (Å²) < 4.78 is 42.2. The number of aromatic nitrogens is 4. The molecule has 2 saturated heterocycles. The van der Waals surface area contributed by atoms with Crippen LogP contribution in [0.5, 0.6) is 5.88 Å². The molecule has 1 unspecified atom stereocenters. The lowest BCUT2D eigenvalue weighted by Crippen LogP contribution is -2.58. The van der Waals surface area contributed by atoms with Crippen LogP contribution in [0.4, 0.5) is 14.7 Å². The number of anilines is 1. The molecule has 188 valence electrons. The van der Waals surface area contributed by atoms with Gasteiger partial charge in [-0.3, -0.25) is 9.88 Å². The van der Waals surface area contributed by atoms with Gasteiger partial charge in [0.25, 0.3) is 5.92 Å². The zero-order chi connectivity index (χ0) is 24.9. The van der Waals surface area contributed by atoms with E-state index in [-0.39, 0.29) is 25.1 Å².